The van der Waals surface area contributed by atoms with Crippen molar-refractivity contribution in [3.05, 3.63) is 41.3 Å². The van der Waals surface area contributed by atoms with E-state index in [0.717, 1.165) is 10.4 Å². The molecule has 0 fully saturated rings. The van der Waals surface area contributed by atoms with Crippen molar-refractivity contribution in [1.29, 1.82) is 0 Å². The summed E-state index contributed by atoms with van der Waals surface area (Å²) in [6.07, 6.45) is 0. The van der Waals surface area contributed by atoms with Crippen molar-refractivity contribution in [3.8, 4) is 16.2 Å². The molecular formula is C16H18F2N2O2S. The van der Waals surface area contributed by atoms with Crippen LogP contribution in [-0.4, -0.2) is 24.6 Å². The molecule has 0 atom stereocenters. The molecule has 0 saturated carbocycles. The number of thiophene rings is 1. The number of amides is 1. The Morgan fingerprint density at radius 2 is 1.91 bits per heavy atom. The first-order valence-corrected chi connectivity index (χ1v) is 7.80. The Labute approximate surface area is 137 Å². The lowest BCUT2D eigenvalue weighted by atomic mass is 10.1. The molecule has 1 aromatic carbocycles. The summed E-state index contributed by atoms with van der Waals surface area (Å²) in [4.78, 5) is 13.6. The van der Waals surface area contributed by atoms with Gasteiger partial charge in [-0.25, -0.2) is 0 Å². The molecule has 3 N–H and O–H groups in total. The van der Waals surface area contributed by atoms with Crippen LogP contribution in [0.25, 0.3) is 10.4 Å². The Kier molecular flexibility index (Phi) is 5.33. The maximum atomic E-state index is 12.2. The summed E-state index contributed by atoms with van der Waals surface area (Å²) in [5.74, 6) is -0.0858. The third-order valence-electron chi connectivity index (χ3n) is 3.16. The van der Waals surface area contributed by atoms with Gasteiger partial charge in [0.15, 0.2) is 0 Å². The average molecular weight is 340 g/mol. The number of alkyl halides is 2. The van der Waals surface area contributed by atoms with Gasteiger partial charge >= 0.3 is 6.61 Å². The SMILES string of the molecule is CC(C)(CN)NC(=O)c1ccc(-c2ccc(OC(F)F)cc2)s1. The molecule has 0 saturated heterocycles. The third kappa shape index (κ3) is 4.74. The van der Waals surface area contributed by atoms with Crippen molar-refractivity contribution < 1.29 is 18.3 Å². The standard InChI is InChI=1S/C16H18F2N2O2S/c1-16(2,9-19)20-14(21)13-8-7-12(23-13)10-3-5-11(6-4-10)22-15(17)18/h3-8,15H,9,19H2,1-2H3,(H,20,21). The summed E-state index contributed by atoms with van der Waals surface area (Å²) in [5, 5.41) is 2.86. The first-order chi connectivity index (χ1) is 10.8. The number of nitrogens with one attached hydrogen (secondary N) is 1. The van der Waals surface area contributed by atoms with Gasteiger partial charge in [0, 0.05) is 17.0 Å². The maximum absolute atomic E-state index is 12.2. The van der Waals surface area contributed by atoms with E-state index in [9.17, 15) is 13.6 Å². The van der Waals surface area contributed by atoms with Crippen molar-refractivity contribution >= 4 is 17.2 Å². The summed E-state index contributed by atoms with van der Waals surface area (Å²) in [6, 6.07) is 9.84. The quantitative estimate of drug-likeness (QED) is 0.846. The Balaban J connectivity index is 2.11. The summed E-state index contributed by atoms with van der Waals surface area (Å²) in [5.41, 5.74) is 5.95. The molecule has 0 spiro atoms. The third-order valence-corrected chi connectivity index (χ3v) is 4.29. The van der Waals surface area contributed by atoms with Crippen molar-refractivity contribution in [2.24, 2.45) is 5.73 Å². The fourth-order valence-electron chi connectivity index (χ4n) is 1.84. The fraction of sp³-hybridized carbons (Fsp3) is 0.312. The number of nitrogens with two attached hydrogens (primary N) is 1. The number of ether oxygens (including phenoxy) is 1. The van der Waals surface area contributed by atoms with Gasteiger partial charge in [0.2, 0.25) is 0 Å². The molecule has 0 bridgehead atoms. The second-order valence-corrected chi connectivity index (χ2v) is 6.69. The fourth-order valence-corrected chi connectivity index (χ4v) is 2.74. The van der Waals surface area contributed by atoms with E-state index in [1.165, 1.54) is 23.5 Å². The minimum Gasteiger partial charge on any atom is -0.435 e. The van der Waals surface area contributed by atoms with Gasteiger partial charge in [-0.2, -0.15) is 8.78 Å². The molecule has 0 aliphatic carbocycles. The topological polar surface area (TPSA) is 64.3 Å². The number of rotatable bonds is 6. The second-order valence-electron chi connectivity index (χ2n) is 5.61. The predicted molar refractivity (Wildman–Crippen MR) is 87.0 cm³/mol. The van der Waals surface area contributed by atoms with Gasteiger partial charge in [0.1, 0.15) is 5.75 Å². The molecule has 1 aromatic heterocycles. The van der Waals surface area contributed by atoms with Gasteiger partial charge in [0.25, 0.3) is 5.91 Å². The highest BCUT2D eigenvalue weighted by atomic mass is 32.1. The van der Waals surface area contributed by atoms with E-state index in [0.29, 0.717) is 11.4 Å². The van der Waals surface area contributed by atoms with Gasteiger partial charge in [-0.1, -0.05) is 0 Å². The van der Waals surface area contributed by atoms with E-state index in [1.54, 1.807) is 18.2 Å². The highest BCUT2D eigenvalue weighted by Crippen LogP contribution is 2.30. The molecule has 7 heteroatoms. The zero-order chi connectivity index (χ0) is 17.0. The minimum atomic E-state index is -2.84. The molecule has 0 aliphatic heterocycles. The normalized spacial score (nSPS) is 11.6. The summed E-state index contributed by atoms with van der Waals surface area (Å²) >= 11 is 1.32. The van der Waals surface area contributed by atoms with Gasteiger partial charge < -0.3 is 15.8 Å². The van der Waals surface area contributed by atoms with Crippen LogP contribution in [0.3, 0.4) is 0 Å². The number of hydrogen-bond donors (Lipinski definition) is 2. The van der Waals surface area contributed by atoms with E-state index in [2.05, 4.69) is 10.1 Å². The second kappa shape index (κ2) is 7.06. The zero-order valence-electron chi connectivity index (χ0n) is 12.8. The van der Waals surface area contributed by atoms with Crippen LogP contribution in [0.4, 0.5) is 8.78 Å². The minimum absolute atomic E-state index is 0.1000. The molecule has 0 radical (unpaired) electrons. The van der Waals surface area contributed by atoms with Crippen LogP contribution in [0.2, 0.25) is 0 Å². The van der Waals surface area contributed by atoms with Crippen molar-refractivity contribution in [2.75, 3.05) is 6.54 Å². The molecule has 2 rings (SSSR count). The van der Waals surface area contributed by atoms with Gasteiger partial charge in [-0.15, -0.1) is 11.3 Å². The Bertz CT molecular complexity index is 669. The molecule has 2 aromatic rings. The molecule has 1 amide bonds. The predicted octanol–water partition coefficient (Wildman–Crippen LogP) is 3.48. The monoisotopic (exact) mass is 340 g/mol. The number of benzene rings is 1. The molecule has 4 nitrogen and oxygen atoms in total. The van der Waals surface area contributed by atoms with Crippen molar-refractivity contribution in [1.82, 2.24) is 5.32 Å². The lowest BCUT2D eigenvalue weighted by molar-refractivity contribution is -0.0498. The molecule has 124 valence electrons. The van der Waals surface area contributed by atoms with Crippen LogP contribution in [-0.2, 0) is 0 Å². The molecular weight excluding hydrogens is 322 g/mol. The highest BCUT2D eigenvalue weighted by molar-refractivity contribution is 7.17. The Morgan fingerprint density at radius 3 is 2.48 bits per heavy atom. The Morgan fingerprint density at radius 1 is 1.26 bits per heavy atom. The smallest absolute Gasteiger partial charge is 0.387 e. The van der Waals surface area contributed by atoms with Crippen molar-refractivity contribution in [3.63, 3.8) is 0 Å². The van der Waals surface area contributed by atoms with Crippen LogP contribution < -0.4 is 15.8 Å². The van der Waals surface area contributed by atoms with Crippen LogP contribution in [0.1, 0.15) is 23.5 Å². The first-order valence-electron chi connectivity index (χ1n) is 6.98. The first kappa shape index (κ1) is 17.4. The summed E-state index contributed by atoms with van der Waals surface area (Å²) in [7, 11) is 0. The van der Waals surface area contributed by atoms with Crippen LogP contribution in [0, 0.1) is 0 Å². The molecule has 23 heavy (non-hydrogen) atoms. The molecule has 0 unspecified atom stereocenters. The highest BCUT2D eigenvalue weighted by Gasteiger charge is 2.20. The lowest BCUT2D eigenvalue weighted by Crippen LogP contribution is -2.48. The number of halogens is 2. The van der Waals surface area contributed by atoms with E-state index >= 15 is 0 Å². The van der Waals surface area contributed by atoms with E-state index in [1.807, 2.05) is 19.9 Å². The number of carbonyl (C=O) groups is 1. The van der Waals surface area contributed by atoms with Crippen LogP contribution in [0.15, 0.2) is 36.4 Å². The van der Waals surface area contributed by atoms with Gasteiger partial charge in [-0.3, -0.25) is 4.79 Å². The maximum Gasteiger partial charge on any atom is 0.387 e. The summed E-state index contributed by atoms with van der Waals surface area (Å²) < 4.78 is 28.6. The largest absolute Gasteiger partial charge is 0.435 e. The van der Waals surface area contributed by atoms with E-state index < -0.39 is 12.2 Å². The van der Waals surface area contributed by atoms with E-state index in [4.69, 9.17) is 5.73 Å². The number of carbonyl (C=O) groups excluding carboxylic acids is 1. The van der Waals surface area contributed by atoms with Gasteiger partial charge in [0.05, 0.1) is 4.88 Å². The van der Waals surface area contributed by atoms with Crippen LogP contribution >= 0.6 is 11.3 Å². The Hall–Kier alpha value is -1.99. The zero-order valence-corrected chi connectivity index (χ0v) is 13.6. The average Bonchev–Trinajstić information content (AvgIpc) is 2.97. The van der Waals surface area contributed by atoms with Crippen LogP contribution in [0.5, 0.6) is 5.75 Å². The van der Waals surface area contributed by atoms with Gasteiger partial charge in [-0.05, 0) is 55.8 Å². The molecule has 1 heterocycles. The van der Waals surface area contributed by atoms with Crippen molar-refractivity contribution in [2.45, 2.75) is 26.0 Å². The lowest BCUT2D eigenvalue weighted by Gasteiger charge is -2.23. The molecule has 0 aliphatic rings. The number of hydrogen-bond acceptors (Lipinski definition) is 4. The summed E-state index contributed by atoms with van der Waals surface area (Å²) in [6.45, 7) is 1.19. The van der Waals surface area contributed by atoms with E-state index in [-0.39, 0.29) is 11.7 Å².